The van der Waals surface area contributed by atoms with Crippen LogP contribution in [0, 0.1) is 0 Å². The molecule has 3 heteroatoms. The minimum absolute atomic E-state index is 0.0102. The molecular formula is C48H33N3. The van der Waals surface area contributed by atoms with Gasteiger partial charge >= 0.3 is 0 Å². The van der Waals surface area contributed by atoms with Gasteiger partial charge in [-0.15, -0.1) is 0 Å². The molecular weight excluding hydrogens is 619 g/mol. The number of fused-ring (bicyclic) bond motifs is 7. The van der Waals surface area contributed by atoms with Crippen LogP contribution < -0.4 is 0 Å². The van der Waals surface area contributed by atoms with Gasteiger partial charge in [0.25, 0.3) is 0 Å². The Morgan fingerprint density at radius 1 is 0.353 bits per heavy atom. The lowest BCUT2D eigenvalue weighted by molar-refractivity contribution is 0.660. The van der Waals surface area contributed by atoms with Gasteiger partial charge in [-0.25, -0.2) is 15.0 Å². The molecule has 0 atom stereocenters. The van der Waals surface area contributed by atoms with E-state index < -0.39 is 0 Å². The fraction of sp³-hybridized carbons (Fsp3) is 0.0625. The standard InChI is InChI=1S/C48H33N3/c1-48(2)42-19-11-10-18-38(42)41-28-34(25-27-43(41)48)30-20-22-33(23-21-30)46-49-45(32-13-4-3-5-14-32)50-47(51-46)44-37-17-9-7-15-35(37)29-40-36-16-8-6-12-31(36)24-26-39(40)44/h3-29H,1-2H3. The van der Waals surface area contributed by atoms with Crippen molar-refractivity contribution in [1.29, 1.82) is 0 Å². The Labute approximate surface area is 297 Å². The topological polar surface area (TPSA) is 38.7 Å². The molecule has 1 aliphatic rings. The van der Waals surface area contributed by atoms with Crippen molar-refractivity contribution in [3.8, 4) is 56.4 Å². The molecule has 0 bridgehead atoms. The molecule has 0 unspecified atom stereocenters. The summed E-state index contributed by atoms with van der Waals surface area (Å²) in [7, 11) is 0. The smallest absolute Gasteiger partial charge is 0.165 e. The zero-order chi connectivity index (χ0) is 34.1. The Morgan fingerprint density at radius 3 is 1.75 bits per heavy atom. The van der Waals surface area contributed by atoms with Crippen LogP contribution in [-0.2, 0) is 5.41 Å². The van der Waals surface area contributed by atoms with Crippen molar-refractivity contribution in [3.05, 3.63) is 175 Å². The monoisotopic (exact) mass is 651 g/mol. The fourth-order valence-electron chi connectivity index (χ4n) is 8.11. The van der Waals surface area contributed by atoms with Crippen LogP contribution in [0.3, 0.4) is 0 Å². The number of aromatic nitrogens is 3. The lowest BCUT2D eigenvalue weighted by Crippen LogP contribution is -2.14. The van der Waals surface area contributed by atoms with Gasteiger partial charge < -0.3 is 0 Å². The zero-order valence-corrected chi connectivity index (χ0v) is 28.4. The van der Waals surface area contributed by atoms with Gasteiger partial charge in [-0.2, -0.15) is 0 Å². The highest BCUT2D eigenvalue weighted by molar-refractivity contribution is 6.19. The molecule has 10 rings (SSSR count). The maximum absolute atomic E-state index is 5.25. The van der Waals surface area contributed by atoms with Gasteiger partial charge in [-0.3, -0.25) is 0 Å². The molecule has 0 saturated heterocycles. The zero-order valence-electron chi connectivity index (χ0n) is 28.4. The number of hydrogen-bond donors (Lipinski definition) is 0. The van der Waals surface area contributed by atoms with Gasteiger partial charge in [0.15, 0.2) is 17.5 Å². The first kappa shape index (κ1) is 29.5. The number of nitrogens with zero attached hydrogens (tertiary/aromatic N) is 3. The first-order valence-corrected chi connectivity index (χ1v) is 17.5. The third-order valence-corrected chi connectivity index (χ3v) is 10.7. The quantitative estimate of drug-likeness (QED) is 0.140. The van der Waals surface area contributed by atoms with Crippen molar-refractivity contribution in [3.63, 3.8) is 0 Å². The third kappa shape index (κ3) is 4.69. The Kier molecular flexibility index (Phi) is 6.53. The van der Waals surface area contributed by atoms with Crippen molar-refractivity contribution in [2.75, 3.05) is 0 Å². The summed E-state index contributed by atoms with van der Waals surface area (Å²) in [5.74, 6) is 1.97. The van der Waals surface area contributed by atoms with E-state index in [9.17, 15) is 0 Å². The van der Waals surface area contributed by atoms with Crippen LogP contribution in [0.25, 0.3) is 88.7 Å². The normalized spacial score (nSPS) is 13.1. The second-order valence-electron chi connectivity index (χ2n) is 14.0. The summed E-state index contributed by atoms with van der Waals surface area (Å²) in [6.45, 7) is 4.64. The van der Waals surface area contributed by atoms with Crippen molar-refractivity contribution in [1.82, 2.24) is 15.0 Å². The van der Waals surface area contributed by atoms with Crippen molar-refractivity contribution in [2.45, 2.75) is 19.3 Å². The second-order valence-corrected chi connectivity index (χ2v) is 14.0. The average Bonchev–Trinajstić information content (AvgIpc) is 3.42. The highest BCUT2D eigenvalue weighted by Crippen LogP contribution is 2.49. The van der Waals surface area contributed by atoms with Gasteiger partial charge in [0.1, 0.15) is 0 Å². The van der Waals surface area contributed by atoms with Crippen LogP contribution in [0.4, 0.5) is 0 Å². The lowest BCUT2D eigenvalue weighted by Gasteiger charge is -2.21. The summed E-state index contributed by atoms with van der Waals surface area (Å²) in [6, 6.07) is 58.4. The van der Waals surface area contributed by atoms with E-state index in [-0.39, 0.29) is 5.41 Å². The third-order valence-electron chi connectivity index (χ3n) is 10.7. The van der Waals surface area contributed by atoms with Crippen molar-refractivity contribution < 1.29 is 0 Å². The molecule has 1 aliphatic carbocycles. The largest absolute Gasteiger partial charge is 0.208 e. The van der Waals surface area contributed by atoms with E-state index in [0.717, 1.165) is 38.4 Å². The summed E-state index contributed by atoms with van der Waals surface area (Å²) >= 11 is 0. The SMILES string of the molecule is CC1(C)c2ccccc2-c2cc(-c3ccc(-c4nc(-c5ccccc5)nc(-c5c6ccccc6cc6c5ccc5ccccc56)n4)cc3)ccc21. The predicted molar refractivity (Wildman–Crippen MR) is 212 cm³/mol. The van der Waals surface area contributed by atoms with Crippen LogP contribution >= 0.6 is 0 Å². The minimum Gasteiger partial charge on any atom is -0.208 e. The lowest BCUT2D eigenvalue weighted by atomic mass is 9.82. The Hall–Kier alpha value is -6.45. The Bertz CT molecular complexity index is 2820. The van der Waals surface area contributed by atoms with E-state index in [0.29, 0.717) is 17.5 Å². The first-order valence-electron chi connectivity index (χ1n) is 17.5. The van der Waals surface area contributed by atoms with E-state index >= 15 is 0 Å². The molecule has 0 amide bonds. The Balaban J connectivity index is 1.14. The number of rotatable bonds is 4. The minimum atomic E-state index is -0.0102. The molecule has 0 aliphatic heterocycles. The average molecular weight is 652 g/mol. The molecule has 8 aromatic carbocycles. The van der Waals surface area contributed by atoms with E-state index in [1.165, 1.54) is 44.0 Å². The summed E-state index contributed by atoms with van der Waals surface area (Å²) in [6.07, 6.45) is 0. The molecule has 1 heterocycles. The summed E-state index contributed by atoms with van der Waals surface area (Å²) in [5, 5.41) is 7.02. The van der Waals surface area contributed by atoms with Gasteiger partial charge in [0, 0.05) is 22.1 Å². The van der Waals surface area contributed by atoms with E-state index in [2.05, 4.69) is 159 Å². The molecule has 51 heavy (non-hydrogen) atoms. The Morgan fingerprint density at radius 2 is 0.941 bits per heavy atom. The van der Waals surface area contributed by atoms with Gasteiger partial charge in [-0.05, 0) is 77.8 Å². The van der Waals surface area contributed by atoms with Gasteiger partial charge in [0.2, 0.25) is 0 Å². The van der Waals surface area contributed by atoms with Crippen LogP contribution in [0.5, 0.6) is 0 Å². The first-order chi connectivity index (χ1) is 25.0. The van der Waals surface area contributed by atoms with Crippen LogP contribution in [0.15, 0.2) is 164 Å². The second kappa shape index (κ2) is 11.3. The van der Waals surface area contributed by atoms with E-state index in [4.69, 9.17) is 15.0 Å². The van der Waals surface area contributed by atoms with Crippen molar-refractivity contribution >= 4 is 32.3 Å². The highest BCUT2D eigenvalue weighted by Gasteiger charge is 2.35. The molecule has 240 valence electrons. The molecule has 1 aromatic heterocycles. The van der Waals surface area contributed by atoms with Crippen molar-refractivity contribution in [2.24, 2.45) is 0 Å². The molecule has 3 nitrogen and oxygen atoms in total. The van der Waals surface area contributed by atoms with Crippen LogP contribution in [-0.4, -0.2) is 15.0 Å². The highest BCUT2D eigenvalue weighted by atomic mass is 15.0. The van der Waals surface area contributed by atoms with Crippen LogP contribution in [0.1, 0.15) is 25.0 Å². The molecule has 9 aromatic rings. The maximum atomic E-state index is 5.25. The van der Waals surface area contributed by atoms with E-state index in [1.807, 2.05) is 18.2 Å². The molecule has 0 N–H and O–H groups in total. The molecule has 0 spiro atoms. The van der Waals surface area contributed by atoms with Crippen LogP contribution in [0.2, 0.25) is 0 Å². The fourth-order valence-corrected chi connectivity index (χ4v) is 8.11. The molecule has 0 radical (unpaired) electrons. The summed E-state index contributed by atoms with van der Waals surface area (Å²) in [5.41, 5.74) is 10.7. The predicted octanol–water partition coefficient (Wildman–Crippen LogP) is 12.3. The molecule has 0 saturated carbocycles. The van der Waals surface area contributed by atoms with Gasteiger partial charge in [0.05, 0.1) is 0 Å². The number of hydrogen-bond acceptors (Lipinski definition) is 3. The maximum Gasteiger partial charge on any atom is 0.165 e. The van der Waals surface area contributed by atoms with Gasteiger partial charge in [-0.1, -0.05) is 166 Å². The number of benzene rings is 8. The summed E-state index contributed by atoms with van der Waals surface area (Å²) in [4.78, 5) is 15.5. The van der Waals surface area contributed by atoms with E-state index in [1.54, 1.807) is 0 Å². The molecule has 0 fully saturated rings. The summed E-state index contributed by atoms with van der Waals surface area (Å²) < 4.78 is 0.